The van der Waals surface area contributed by atoms with E-state index in [0.717, 1.165) is 25.0 Å². The fourth-order valence-electron chi connectivity index (χ4n) is 1.43. The van der Waals surface area contributed by atoms with Gasteiger partial charge in [-0.3, -0.25) is 0 Å². The maximum atomic E-state index is 13.4. The SMILES string of the molecule is N#Cc1cc(F)c(NCCCCCO)c(F)c1. The van der Waals surface area contributed by atoms with E-state index < -0.39 is 11.6 Å². The van der Waals surface area contributed by atoms with E-state index in [2.05, 4.69) is 5.32 Å². The quantitative estimate of drug-likeness (QED) is 0.751. The van der Waals surface area contributed by atoms with Gasteiger partial charge in [-0.15, -0.1) is 0 Å². The summed E-state index contributed by atoms with van der Waals surface area (Å²) in [6.45, 7) is 0.555. The number of hydrogen-bond donors (Lipinski definition) is 2. The predicted molar refractivity (Wildman–Crippen MR) is 60.5 cm³/mol. The second kappa shape index (κ2) is 6.81. The van der Waals surface area contributed by atoms with Crippen LogP contribution in [0.4, 0.5) is 14.5 Å². The average Bonchev–Trinajstić information content (AvgIpc) is 2.31. The molecule has 0 atom stereocenters. The van der Waals surface area contributed by atoms with E-state index in [1.807, 2.05) is 0 Å². The Morgan fingerprint density at radius 2 is 1.82 bits per heavy atom. The minimum Gasteiger partial charge on any atom is -0.396 e. The number of rotatable bonds is 6. The van der Waals surface area contributed by atoms with Gasteiger partial charge in [-0.05, 0) is 31.4 Å². The lowest BCUT2D eigenvalue weighted by Crippen LogP contribution is -2.06. The van der Waals surface area contributed by atoms with Gasteiger partial charge in [-0.25, -0.2) is 8.78 Å². The summed E-state index contributed by atoms with van der Waals surface area (Å²) < 4.78 is 26.8. The molecular weight excluding hydrogens is 226 g/mol. The molecule has 0 bridgehead atoms. The molecule has 0 radical (unpaired) electrons. The lowest BCUT2D eigenvalue weighted by atomic mass is 10.2. The van der Waals surface area contributed by atoms with Crippen LogP contribution in [0.3, 0.4) is 0 Å². The molecule has 0 aromatic heterocycles. The van der Waals surface area contributed by atoms with Crippen molar-refractivity contribution in [1.82, 2.24) is 0 Å². The van der Waals surface area contributed by atoms with E-state index in [-0.39, 0.29) is 17.9 Å². The van der Waals surface area contributed by atoms with E-state index >= 15 is 0 Å². The summed E-state index contributed by atoms with van der Waals surface area (Å²) in [7, 11) is 0. The highest BCUT2D eigenvalue weighted by Crippen LogP contribution is 2.20. The molecule has 0 unspecified atom stereocenters. The summed E-state index contributed by atoms with van der Waals surface area (Å²) in [5.74, 6) is -1.52. The van der Waals surface area contributed by atoms with Gasteiger partial charge in [0.25, 0.3) is 0 Å². The molecule has 0 heterocycles. The van der Waals surface area contributed by atoms with Crippen LogP contribution in [0.2, 0.25) is 0 Å². The van der Waals surface area contributed by atoms with Crippen LogP contribution in [-0.2, 0) is 0 Å². The van der Waals surface area contributed by atoms with Crippen LogP contribution in [0.5, 0.6) is 0 Å². The van der Waals surface area contributed by atoms with Crippen molar-refractivity contribution >= 4 is 5.69 Å². The van der Waals surface area contributed by atoms with Crippen molar-refractivity contribution in [2.45, 2.75) is 19.3 Å². The van der Waals surface area contributed by atoms with Gasteiger partial charge in [0.15, 0.2) is 11.6 Å². The molecule has 1 aromatic carbocycles. The van der Waals surface area contributed by atoms with Gasteiger partial charge >= 0.3 is 0 Å². The zero-order chi connectivity index (χ0) is 12.7. The zero-order valence-corrected chi connectivity index (χ0v) is 9.34. The Balaban J connectivity index is 2.57. The maximum absolute atomic E-state index is 13.4. The van der Waals surface area contributed by atoms with Crippen LogP contribution in [0, 0.1) is 23.0 Å². The number of aliphatic hydroxyl groups excluding tert-OH is 1. The standard InChI is InChI=1S/C12H14F2N2O/c13-10-6-9(8-15)7-11(14)12(10)16-4-2-1-3-5-17/h6-7,16-17H,1-5H2. The molecule has 0 aliphatic carbocycles. The van der Waals surface area contributed by atoms with Gasteiger partial charge in [0.2, 0.25) is 0 Å². The fourth-order valence-corrected chi connectivity index (χ4v) is 1.43. The summed E-state index contributed by atoms with van der Waals surface area (Å²) >= 11 is 0. The Bertz CT molecular complexity index is 392. The number of nitrogens with zero attached hydrogens (tertiary/aromatic N) is 1. The van der Waals surface area contributed by atoms with Gasteiger partial charge < -0.3 is 10.4 Å². The van der Waals surface area contributed by atoms with Crippen molar-refractivity contribution in [1.29, 1.82) is 5.26 Å². The molecule has 3 nitrogen and oxygen atoms in total. The van der Waals surface area contributed by atoms with Crippen molar-refractivity contribution in [3.63, 3.8) is 0 Å². The number of benzene rings is 1. The van der Waals surface area contributed by atoms with Crippen molar-refractivity contribution < 1.29 is 13.9 Å². The molecule has 92 valence electrons. The van der Waals surface area contributed by atoms with Gasteiger partial charge in [0.05, 0.1) is 11.6 Å². The predicted octanol–water partition coefficient (Wildman–Crippen LogP) is 2.41. The molecule has 0 fully saturated rings. The first-order chi connectivity index (χ1) is 8.19. The molecular formula is C12H14F2N2O. The first kappa shape index (κ1) is 13.4. The Hall–Kier alpha value is -1.67. The number of anilines is 1. The largest absolute Gasteiger partial charge is 0.396 e. The maximum Gasteiger partial charge on any atom is 0.150 e. The van der Waals surface area contributed by atoms with Crippen LogP contribution in [-0.4, -0.2) is 18.3 Å². The number of hydrogen-bond acceptors (Lipinski definition) is 3. The number of halogens is 2. The van der Waals surface area contributed by atoms with Crippen LogP contribution < -0.4 is 5.32 Å². The molecule has 0 spiro atoms. The smallest absolute Gasteiger partial charge is 0.150 e. The first-order valence-electron chi connectivity index (χ1n) is 5.43. The third-order valence-electron chi connectivity index (χ3n) is 2.31. The molecule has 2 N–H and O–H groups in total. The van der Waals surface area contributed by atoms with E-state index in [1.165, 1.54) is 0 Å². The molecule has 0 amide bonds. The Morgan fingerprint density at radius 3 is 2.35 bits per heavy atom. The van der Waals surface area contributed by atoms with Crippen LogP contribution in [0.1, 0.15) is 24.8 Å². The number of nitrogens with one attached hydrogen (secondary N) is 1. The topological polar surface area (TPSA) is 56.0 Å². The van der Waals surface area contributed by atoms with Crippen LogP contribution in [0.15, 0.2) is 12.1 Å². The second-order valence-electron chi connectivity index (χ2n) is 3.64. The number of unbranched alkanes of at least 4 members (excludes halogenated alkanes) is 2. The highest BCUT2D eigenvalue weighted by molar-refractivity contribution is 5.50. The molecule has 1 rings (SSSR count). The minimum absolute atomic E-state index is 0.0363. The van der Waals surface area contributed by atoms with E-state index in [0.29, 0.717) is 13.0 Å². The monoisotopic (exact) mass is 240 g/mol. The lowest BCUT2D eigenvalue weighted by Gasteiger charge is -2.08. The minimum atomic E-state index is -0.760. The highest BCUT2D eigenvalue weighted by atomic mass is 19.1. The summed E-state index contributed by atoms with van der Waals surface area (Å²) in [6.07, 6.45) is 2.20. The third kappa shape index (κ3) is 4.00. The molecule has 5 heteroatoms. The average molecular weight is 240 g/mol. The van der Waals surface area contributed by atoms with E-state index in [9.17, 15) is 8.78 Å². The Morgan fingerprint density at radius 1 is 1.18 bits per heavy atom. The van der Waals surface area contributed by atoms with Gasteiger partial charge in [-0.1, -0.05) is 0 Å². The normalized spacial score (nSPS) is 10.0. The fraction of sp³-hybridized carbons (Fsp3) is 0.417. The third-order valence-corrected chi connectivity index (χ3v) is 2.31. The van der Waals surface area contributed by atoms with Crippen molar-refractivity contribution in [2.75, 3.05) is 18.5 Å². The summed E-state index contributed by atoms with van der Waals surface area (Å²) in [5.41, 5.74) is -0.237. The molecule has 0 aliphatic heterocycles. The van der Waals surface area contributed by atoms with Crippen molar-refractivity contribution in [2.24, 2.45) is 0 Å². The first-order valence-corrected chi connectivity index (χ1v) is 5.43. The Kier molecular flexibility index (Phi) is 5.37. The summed E-state index contributed by atoms with van der Waals surface area (Å²) in [6, 6.07) is 3.68. The molecule has 17 heavy (non-hydrogen) atoms. The number of aliphatic hydroxyl groups is 1. The van der Waals surface area contributed by atoms with Gasteiger partial charge in [0.1, 0.15) is 5.69 Å². The van der Waals surface area contributed by atoms with Gasteiger partial charge in [-0.2, -0.15) is 5.26 Å². The number of nitriles is 1. The second-order valence-corrected chi connectivity index (χ2v) is 3.64. The summed E-state index contributed by atoms with van der Waals surface area (Å²) in [5, 5.41) is 19.7. The lowest BCUT2D eigenvalue weighted by molar-refractivity contribution is 0.283. The molecule has 0 aliphatic rings. The van der Waals surface area contributed by atoms with E-state index in [4.69, 9.17) is 10.4 Å². The van der Waals surface area contributed by atoms with Crippen molar-refractivity contribution in [3.8, 4) is 6.07 Å². The highest BCUT2D eigenvalue weighted by Gasteiger charge is 2.10. The Labute approximate surface area is 98.7 Å². The van der Waals surface area contributed by atoms with E-state index in [1.54, 1.807) is 6.07 Å². The van der Waals surface area contributed by atoms with Crippen LogP contribution in [0.25, 0.3) is 0 Å². The van der Waals surface area contributed by atoms with Gasteiger partial charge in [0, 0.05) is 13.2 Å². The summed E-state index contributed by atoms with van der Waals surface area (Å²) in [4.78, 5) is 0. The molecule has 0 saturated heterocycles. The van der Waals surface area contributed by atoms with Crippen molar-refractivity contribution in [3.05, 3.63) is 29.3 Å². The molecule has 0 saturated carbocycles. The van der Waals surface area contributed by atoms with Crippen LogP contribution >= 0.6 is 0 Å². The zero-order valence-electron chi connectivity index (χ0n) is 9.34. The molecule has 1 aromatic rings.